The molecule has 5 heteroatoms. The number of rotatable bonds is 5. The largest absolute Gasteiger partial charge is 0.356 e. The molecule has 0 spiro atoms. The Balaban J connectivity index is 1.37. The van der Waals surface area contributed by atoms with Crippen LogP contribution in [-0.2, 0) is 6.54 Å². The molecule has 4 aromatic rings. The average Bonchev–Trinajstić information content (AvgIpc) is 3.12. The van der Waals surface area contributed by atoms with Gasteiger partial charge in [-0.25, -0.2) is 0 Å². The number of aromatic nitrogens is 2. The first-order valence-corrected chi connectivity index (χ1v) is 8.40. The van der Waals surface area contributed by atoms with E-state index >= 15 is 0 Å². The first-order valence-electron chi connectivity index (χ1n) is 8.40. The van der Waals surface area contributed by atoms with E-state index in [9.17, 15) is 4.79 Å². The molecule has 5 nitrogen and oxygen atoms in total. The molecule has 3 N–H and O–H groups in total. The minimum absolute atomic E-state index is 0.132. The Bertz CT molecular complexity index is 990. The van der Waals surface area contributed by atoms with Crippen LogP contribution in [0.1, 0.15) is 16.1 Å². The topological polar surface area (TPSA) is 69.8 Å². The monoisotopic (exact) mass is 342 g/mol. The maximum absolute atomic E-state index is 12.3. The summed E-state index contributed by atoms with van der Waals surface area (Å²) < 4.78 is 0. The molecule has 0 aliphatic heterocycles. The lowest BCUT2D eigenvalue weighted by Gasteiger charge is -2.08. The van der Waals surface area contributed by atoms with E-state index < -0.39 is 0 Å². The van der Waals surface area contributed by atoms with Crippen molar-refractivity contribution in [3.8, 4) is 0 Å². The van der Waals surface area contributed by atoms with Crippen molar-refractivity contribution in [2.24, 2.45) is 0 Å². The van der Waals surface area contributed by atoms with Crippen LogP contribution in [0.2, 0.25) is 0 Å². The summed E-state index contributed by atoms with van der Waals surface area (Å²) in [5, 5.41) is 7.20. The number of benzene rings is 2. The second kappa shape index (κ2) is 7.11. The number of aromatic amines is 1. The molecule has 4 rings (SSSR count). The lowest BCUT2D eigenvalue weighted by Crippen LogP contribution is -2.23. The van der Waals surface area contributed by atoms with Gasteiger partial charge < -0.3 is 15.6 Å². The van der Waals surface area contributed by atoms with E-state index in [-0.39, 0.29) is 5.91 Å². The third-order valence-corrected chi connectivity index (χ3v) is 4.14. The molecule has 2 heterocycles. The maximum atomic E-state index is 12.3. The Morgan fingerprint density at radius 1 is 0.962 bits per heavy atom. The highest BCUT2D eigenvalue weighted by atomic mass is 16.1. The Kier molecular flexibility index (Phi) is 4.35. The van der Waals surface area contributed by atoms with Crippen molar-refractivity contribution in [1.29, 1.82) is 0 Å². The van der Waals surface area contributed by atoms with Gasteiger partial charge in [0.15, 0.2) is 0 Å². The quantitative estimate of drug-likeness (QED) is 0.508. The summed E-state index contributed by atoms with van der Waals surface area (Å²) in [6.45, 7) is 0.470. The number of hydrogen-bond donors (Lipinski definition) is 3. The third-order valence-electron chi connectivity index (χ3n) is 4.14. The van der Waals surface area contributed by atoms with Gasteiger partial charge in [0.25, 0.3) is 5.91 Å². The molecular formula is C21H18N4O. The highest BCUT2D eigenvalue weighted by Gasteiger charge is 2.09. The standard InChI is InChI=1S/C21H18N4O/c26-21(20-12-16-14-22-11-10-19(16)25-20)23-13-15-6-8-18(9-7-15)24-17-4-2-1-3-5-17/h1-12,14,24-25H,13H2,(H,23,26). The first-order chi connectivity index (χ1) is 12.8. The van der Waals surface area contributed by atoms with Crippen LogP contribution in [-0.4, -0.2) is 15.9 Å². The molecular weight excluding hydrogens is 324 g/mol. The van der Waals surface area contributed by atoms with Gasteiger partial charge in [0.05, 0.1) is 0 Å². The molecule has 0 saturated carbocycles. The summed E-state index contributed by atoms with van der Waals surface area (Å²) in [5.41, 5.74) is 4.53. The van der Waals surface area contributed by atoms with Crippen molar-refractivity contribution >= 4 is 28.2 Å². The van der Waals surface area contributed by atoms with Crippen molar-refractivity contribution < 1.29 is 4.79 Å². The zero-order valence-corrected chi connectivity index (χ0v) is 14.1. The van der Waals surface area contributed by atoms with E-state index in [4.69, 9.17) is 0 Å². The summed E-state index contributed by atoms with van der Waals surface area (Å²) in [4.78, 5) is 19.5. The molecule has 0 unspecified atom stereocenters. The Labute approximate surface area is 151 Å². The lowest BCUT2D eigenvalue weighted by atomic mass is 10.2. The van der Waals surface area contributed by atoms with E-state index in [2.05, 4.69) is 20.6 Å². The summed E-state index contributed by atoms with van der Waals surface area (Å²) in [5.74, 6) is -0.132. The van der Waals surface area contributed by atoms with Gasteiger partial charge in [0, 0.05) is 41.2 Å². The van der Waals surface area contributed by atoms with Gasteiger partial charge in [-0.3, -0.25) is 9.78 Å². The highest BCUT2D eigenvalue weighted by molar-refractivity contribution is 5.97. The van der Waals surface area contributed by atoms with Gasteiger partial charge in [0.2, 0.25) is 0 Å². The predicted molar refractivity (Wildman–Crippen MR) is 103 cm³/mol. The SMILES string of the molecule is O=C(NCc1ccc(Nc2ccccc2)cc1)c1cc2cnccc2[nH]1. The summed E-state index contributed by atoms with van der Waals surface area (Å²) >= 11 is 0. The number of nitrogens with zero attached hydrogens (tertiary/aromatic N) is 1. The zero-order valence-electron chi connectivity index (χ0n) is 14.1. The van der Waals surface area contributed by atoms with Crippen LogP contribution in [0, 0.1) is 0 Å². The lowest BCUT2D eigenvalue weighted by molar-refractivity contribution is 0.0947. The highest BCUT2D eigenvalue weighted by Crippen LogP contribution is 2.17. The number of carbonyl (C=O) groups is 1. The fourth-order valence-corrected chi connectivity index (χ4v) is 2.77. The molecule has 26 heavy (non-hydrogen) atoms. The number of carbonyl (C=O) groups excluding carboxylic acids is 1. The normalized spacial score (nSPS) is 10.6. The molecule has 0 bridgehead atoms. The number of nitrogens with one attached hydrogen (secondary N) is 3. The minimum Gasteiger partial charge on any atom is -0.356 e. The summed E-state index contributed by atoms with van der Waals surface area (Å²) in [6, 6.07) is 21.7. The fraction of sp³-hybridized carbons (Fsp3) is 0.0476. The molecule has 0 fully saturated rings. The summed E-state index contributed by atoms with van der Waals surface area (Å²) in [7, 11) is 0. The number of H-pyrrole nitrogens is 1. The molecule has 2 aromatic carbocycles. The van der Waals surface area contributed by atoms with Crippen LogP contribution >= 0.6 is 0 Å². The van der Waals surface area contributed by atoms with Crippen molar-refractivity contribution in [1.82, 2.24) is 15.3 Å². The van der Waals surface area contributed by atoms with Crippen molar-refractivity contribution in [2.75, 3.05) is 5.32 Å². The van der Waals surface area contributed by atoms with Gasteiger partial charge >= 0.3 is 0 Å². The Hall–Kier alpha value is -3.60. The third kappa shape index (κ3) is 3.57. The number of para-hydroxylation sites is 1. The minimum atomic E-state index is -0.132. The smallest absolute Gasteiger partial charge is 0.267 e. The molecule has 128 valence electrons. The molecule has 0 radical (unpaired) electrons. The molecule has 2 aromatic heterocycles. The van der Waals surface area contributed by atoms with Crippen molar-refractivity contribution in [3.63, 3.8) is 0 Å². The van der Waals surface area contributed by atoms with Gasteiger partial charge in [-0.2, -0.15) is 0 Å². The fourth-order valence-electron chi connectivity index (χ4n) is 2.77. The molecule has 1 amide bonds. The predicted octanol–water partition coefficient (Wildman–Crippen LogP) is 4.24. The molecule has 0 aliphatic rings. The van der Waals surface area contributed by atoms with E-state index in [0.29, 0.717) is 12.2 Å². The Morgan fingerprint density at radius 3 is 2.50 bits per heavy atom. The molecule has 0 saturated heterocycles. The van der Waals surface area contributed by atoms with Crippen LogP contribution in [0.4, 0.5) is 11.4 Å². The van der Waals surface area contributed by atoms with Crippen LogP contribution in [0.25, 0.3) is 10.9 Å². The number of hydrogen-bond acceptors (Lipinski definition) is 3. The Morgan fingerprint density at radius 2 is 1.73 bits per heavy atom. The van der Waals surface area contributed by atoms with Crippen molar-refractivity contribution in [2.45, 2.75) is 6.54 Å². The van der Waals surface area contributed by atoms with Crippen LogP contribution in [0.5, 0.6) is 0 Å². The molecule has 0 aliphatic carbocycles. The summed E-state index contributed by atoms with van der Waals surface area (Å²) in [6.07, 6.45) is 3.44. The van der Waals surface area contributed by atoms with Gasteiger partial charge in [-0.05, 0) is 42.0 Å². The van der Waals surface area contributed by atoms with Gasteiger partial charge in [-0.15, -0.1) is 0 Å². The first kappa shape index (κ1) is 15.9. The van der Waals surface area contributed by atoms with E-state index in [1.165, 1.54) is 0 Å². The second-order valence-corrected chi connectivity index (χ2v) is 6.02. The number of pyridine rings is 1. The maximum Gasteiger partial charge on any atom is 0.267 e. The van der Waals surface area contributed by atoms with Crippen LogP contribution in [0.3, 0.4) is 0 Å². The van der Waals surface area contributed by atoms with Gasteiger partial charge in [-0.1, -0.05) is 30.3 Å². The van der Waals surface area contributed by atoms with Gasteiger partial charge in [0.1, 0.15) is 5.69 Å². The van der Waals surface area contributed by atoms with E-state index in [1.54, 1.807) is 12.4 Å². The van der Waals surface area contributed by atoms with E-state index in [0.717, 1.165) is 27.8 Å². The van der Waals surface area contributed by atoms with Crippen LogP contribution in [0.15, 0.2) is 79.1 Å². The second-order valence-electron chi connectivity index (χ2n) is 6.02. The van der Waals surface area contributed by atoms with Crippen molar-refractivity contribution in [3.05, 3.63) is 90.4 Å². The number of anilines is 2. The number of fused-ring (bicyclic) bond motifs is 1. The number of amides is 1. The average molecular weight is 342 g/mol. The zero-order chi connectivity index (χ0) is 17.8. The molecule has 0 atom stereocenters. The van der Waals surface area contributed by atoms with Crippen LogP contribution < -0.4 is 10.6 Å². The van der Waals surface area contributed by atoms with E-state index in [1.807, 2.05) is 66.7 Å².